The molecule has 2 N–H and O–H groups in total. The van der Waals surface area contributed by atoms with Gasteiger partial charge in [-0.05, 0) is 46.5 Å². The largest absolute Gasteiger partial charge is 0.451 e. The predicted octanol–water partition coefficient (Wildman–Crippen LogP) is 8.03. The Morgan fingerprint density at radius 1 is 0.558 bits per heavy atom. The number of oxazole rings is 2. The molecule has 8 aromatic rings. The lowest BCUT2D eigenvalue weighted by atomic mass is 9.68. The number of hydrogen-bond acceptors (Lipinski definition) is 8. The monoisotopic (exact) mass is 680 g/mol. The van der Waals surface area contributed by atoms with E-state index >= 15 is 0 Å². The fourth-order valence-corrected chi connectivity index (χ4v) is 7.45. The first-order valence-corrected chi connectivity index (χ1v) is 17.0. The van der Waals surface area contributed by atoms with Crippen molar-refractivity contribution in [2.75, 3.05) is 0 Å². The van der Waals surface area contributed by atoms with Crippen LogP contribution in [0.2, 0.25) is 0 Å². The van der Waals surface area contributed by atoms with Gasteiger partial charge in [-0.3, -0.25) is 20.2 Å². The first kappa shape index (κ1) is 31.1. The minimum atomic E-state index is -0.266. The lowest BCUT2D eigenvalue weighted by molar-refractivity contribution is 0.558. The topological polar surface area (TPSA) is 135 Å². The zero-order valence-electron chi connectivity index (χ0n) is 27.9. The molecular formula is C42H32N8O2. The van der Waals surface area contributed by atoms with E-state index in [4.69, 9.17) is 8.83 Å². The van der Waals surface area contributed by atoms with Gasteiger partial charge in [0.25, 0.3) is 0 Å². The van der Waals surface area contributed by atoms with Gasteiger partial charge in [0.15, 0.2) is 12.1 Å². The molecule has 0 saturated heterocycles. The number of aromatic amines is 2. The smallest absolute Gasteiger partial charge is 0.247 e. The summed E-state index contributed by atoms with van der Waals surface area (Å²) in [4.78, 5) is 16.8. The summed E-state index contributed by atoms with van der Waals surface area (Å²) in [5, 5.41) is 15.3. The number of nitrogens with zero attached hydrogens (tertiary/aromatic N) is 6. The van der Waals surface area contributed by atoms with Crippen LogP contribution in [0.25, 0.3) is 35.1 Å². The number of H-pyrrole nitrogens is 2. The third-order valence-electron chi connectivity index (χ3n) is 10.0. The van der Waals surface area contributed by atoms with E-state index in [1.165, 1.54) is 28.6 Å². The van der Waals surface area contributed by atoms with Gasteiger partial charge in [-0.15, -0.1) is 0 Å². The molecule has 2 aromatic carbocycles. The van der Waals surface area contributed by atoms with Crippen LogP contribution in [-0.2, 0) is 23.7 Å². The minimum Gasteiger partial charge on any atom is -0.451 e. The highest BCUT2D eigenvalue weighted by atomic mass is 16.3. The van der Waals surface area contributed by atoms with Crippen molar-refractivity contribution in [2.24, 2.45) is 0 Å². The van der Waals surface area contributed by atoms with Crippen LogP contribution in [0.4, 0.5) is 0 Å². The predicted molar refractivity (Wildman–Crippen MR) is 197 cm³/mol. The molecule has 0 spiro atoms. The van der Waals surface area contributed by atoms with Crippen molar-refractivity contribution in [1.82, 2.24) is 40.3 Å². The Hall–Kier alpha value is -6.94. The zero-order chi connectivity index (χ0) is 34.8. The Morgan fingerprint density at radius 3 is 1.58 bits per heavy atom. The average Bonchev–Trinajstić information content (AvgIpc) is 4.07. The molecule has 0 bridgehead atoms. The summed E-state index contributed by atoms with van der Waals surface area (Å²) >= 11 is 0. The third kappa shape index (κ3) is 5.37. The maximum absolute atomic E-state index is 5.43. The molecule has 2 aliphatic rings. The van der Waals surface area contributed by atoms with E-state index in [2.05, 4.69) is 137 Å². The summed E-state index contributed by atoms with van der Waals surface area (Å²) < 4.78 is 10.5. The molecule has 6 heterocycles. The van der Waals surface area contributed by atoms with Crippen molar-refractivity contribution >= 4 is 12.2 Å². The number of rotatable bonds is 6. The van der Waals surface area contributed by atoms with Gasteiger partial charge in [0.1, 0.15) is 23.9 Å². The molecule has 0 amide bonds. The van der Waals surface area contributed by atoms with Gasteiger partial charge >= 0.3 is 0 Å². The van der Waals surface area contributed by atoms with E-state index in [-0.39, 0.29) is 10.8 Å². The van der Waals surface area contributed by atoms with Crippen molar-refractivity contribution in [3.8, 4) is 23.0 Å². The summed E-state index contributed by atoms with van der Waals surface area (Å²) in [6.07, 6.45) is 24.0. The Morgan fingerprint density at radius 2 is 1.08 bits per heavy atom. The van der Waals surface area contributed by atoms with Crippen LogP contribution < -0.4 is 0 Å². The van der Waals surface area contributed by atoms with Crippen molar-refractivity contribution in [3.63, 3.8) is 0 Å². The molecule has 0 radical (unpaired) electrons. The molecule has 0 saturated carbocycles. The maximum atomic E-state index is 5.43. The molecule has 6 aromatic heterocycles. The molecule has 0 aliphatic heterocycles. The van der Waals surface area contributed by atoms with Crippen LogP contribution in [0, 0.1) is 0 Å². The zero-order valence-corrected chi connectivity index (χ0v) is 27.9. The van der Waals surface area contributed by atoms with Crippen LogP contribution in [-0.4, -0.2) is 40.3 Å². The fraction of sp³-hybridized carbons (Fsp3) is 0.0952. The number of benzene rings is 2. The fourth-order valence-electron chi connectivity index (χ4n) is 7.45. The summed E-state index contributed by atoms with van der Waals surface area (Å²) in [5.74, 6) is 0.531. The van der Waals surface area contributed by atoms with Crippen molar-refractivity contribution in [2.45, 2.75) is 23.7 Å². The Labute approximate surface area is 299 Å². The maximum Gasteiger partial charge on any atom is 0.247 e. The minimum absolute atomic E-state index is 0.259. The van der Waals surface area contributed by atoms with Gasteiger partial charge in [-0.25, -0.2) is 9.97 Å². The SMILES string of the molecule is C1=CC(c2ccccc2)(c2ccncc2)Cc2[nH]nc(-c3cocn3)c21.C1=CC(c2ccccc2)(c2ccncc2)Cc2[nH]nc(-c3ncco3)c21. The summed E-state index contributed by atoms with van der Waals surface area (Å²) in [6, 6.07) is 29.4. The van der Waals surface area contributed by atoms with E-state index in [1.807, 2.05) is 36.9 Å². The second kappa shape index (κ2) is 13.1. The second-order valence-electron chi connectivity index (χ2n) is 12.8. The number of hydrogen-bond donors (Lipinski definition) is 2. The van der Waals surface area contributed by atoms with Gasteiger partial charge in [-0.1, -0.05) is 85.0 Å². The van der Waals surface area contributed by atoms with E-state index in [0.717, 1.165) is 52.4 Å². The quantitative estimate of drug-likeness (QED) is 0.180. The number of nitrogens with one attached hydrogen (secondary N) is 2. The van der Waals surface area contributed by atoms with E-state index in [0.29, 0.717) is 5.89 Å². The molecule has 2 unspecified atom stereocenters. The highest BCUT2D eigenvalue weighted by Crippen LogP contribution is 2.44. The average molecular weight is 681 g/mol. The highest BCUT2D eigenvalue weighted by molar-refractivity contribution is 5.75. The Bertz CT molecular complexity index is 2200. The molecule has 10 rings (SSSR count). The number of aromatic nitrogens is 8. The highest BCUT2D eigenvalue weighted by Gasteiger charge is 2.38. The molecule has 2 atom stereocenters. The lowest BCUT2D eigenvalue weighted by Crippen LogP contribution is -2.30. The van der Waals surface area contributed by atoms with Crippen molar-refractivity contribution < 1.29 is 8.83 Å². The first-order chi connectivity index (χ1) is 25.7. The van der Waals surface area contributed by atoms with Crippen LogP contribution in [0.15, 0.2) is 156 Å². The van der Waals surface area contributed by atoms with Gasteiger partial charge in [0, 0.05) is 71.0 Å². The standard InChI is InChI=1S/2C21H16N4O/c1-2-4-15(5-3-1)21(16-7-10-22-11-8-16)9-6-17-18(12-21)24-25-20(17)19-13-26-14-23-19;1-2-4-15(5-3-1)21(16-7-10-22-11-8-16)9-6-17-18(14-21)24-25-19(17)20-23-12-13-26-20/h1-11,13-14H,12H2,(H,24,25);1-13H,14H2,(H,24,25). The van der Waals surface area contributed by atoms with Gasteiger partial charge in [0.05, 0.1) is 6.20 Å². The van der Waals surface area contributed by atoms with Crippen LogP contribution in [0.3, 0.4) is 0 Å². The molecule has 2 aliphatic carbocycles. The molecule has 252 valence electrons. The number of fused-ring (bicyclic) bond motifs is 2. The molecule has 0 fully saturated rings. The van der Waals surface area contributed by atoms with E-state index in [9.17, 15) is 0 Å². The molecule has 10 heteroatoms. The molecule has 52 heavy (non-hydrogen) atoms. The Kier molecular flexibility index (Phi) is 7.81. The number of allylic oxidation sites excluding steroid dienone is 2. The van der Waals surface area contributed by atoms with Crippen LogP contribution in [0.5, 0.6) is 0 Å². The third-order valence-corrected chi connectivity index (χ3v) is 10.0. The molecular weight excluding hydrogens is 649 g/mol. The van der Waals surface area contributed by atoms with Crippen LogP contribution >= 0.6 is 0 Å². The summed E-state index contributed by atoms with van der Waals surface area (Å²) in [6.45, 7) is 0. The van der Waals surface area contributed by atoms with Crippen molar-refractivity contribution in [3.05, 3.63) is 192 Å². The summed E-state index contributed by atoms with van der Waals surface area (Å²) in [7, 11) is 0. The Balaban J connectivity index is 0.000000138. The van der Waals surface area contributed by atoms with Gasteiger partial charge in [-0.2, -0.15) is 10.2 Å². The van der Waals surface area contributed by atoms with Gasteiger partial charge in [0.2, 0.25) is 5.89 Å². The van der Waals surface area contributed by atoms with E-state index < -0.39 is 0 Å². The van der Waals surface area contributed by atoms with Crippen LogP contribution in [0.1, 0.15) is 44.8 Å². The normalized spacial score (nSPS) is 18.6. The lowest BCUT2D eigenvalue weighted by Gasteiger charge is -2.34. The second-order valence-corrected chi connectivity index (χ2v) is 12.8. The van der Waals surface area contributed by atoms with Crippen molar-refractivity contribution in [1.29, 1.82) is 0 Å². The van der Waals surface area contributed by atoms with E-state index in [1.54, 1.807) is 18.7 Å². The number of pyridine rings is 2. The van der Waals surface area contributed by atoms with Gasteiger partial charge < -0.3 is 8.83 Å². The summed E-state index contributed by atoms with van der Waals surface area (Å²) in [5.41, 5.74) is 10.9. The molecule has 10 nitrogen and oxygen atoms in total. The first-order valence-electron chi connectivity index (χ1n) is 17.0.